The van der Waals surface area contributed by atoms with Crippen LogP contribution in [0.4, 0.5) is 0 Å². The molecule has 0 spiro atoms. The van der Waals surface area contributed by atoms with E-state index in [2.05, 4.69) is 10.1 Å². The van der Waals surface area contributed by atoms with Gasteiger partial charge >= 0.3 is 5.97 Å². The molecule has 0 unspecified atom stereocenters. The fourth-order valence-corrected chi connectivity index (χ4v) is 3.17. The van der Waals surface area contributed by atoms with E-state index in [0.717, 1.165) is 11.4 Å². The number of ether oxygens (including phenoxy) is 1. The van der Waals surface area contributed by atoms with Crippen molar-refractivity contribution in [2.75, 3.05) is 14.2 Å². The molecule has 152 valence electrons. The molecule has 0 fully saturated rings. The van der Waals surface area contributed by atoms with Gasteiger partial charge in [0.15, 0.2) is 5.82 Å². The highest BCUT2D eigenvalue weighted by atomic mass is 35.5. The van der Waals surface area contributed by atoms with Crippen molar-refractivity contribution in [2.24, 2.45) is 0 Å². The molecule has 29 heavy (non-hydrogen) atoms. The number of methoxy groups -OCH3 is 1. The average molecular weight is 417 g/mol. The summed E-state index contributed by atoms with van der Waals surface area (Å²) in [6, 6.07) is 6.80. The third kappa shape index (κ3) is 4.17. The smallest absolute Gasteiger partial charge is 0.341 e. The quantitative estimate of drug-likeness (QED) is 0.591. The Morgan fingerprint density at radius 3 is 2.59 bits per heavy atom. The number of aryl methyl sites for hydroxylation is 3. The molecule has 8 nitrogen and oxygen atoms in total. The molecule has 0 saturated heterocycles. The molecule has 0 bridgehead atoms. The third-order valence-electron chi connectivity index (χ3n) is 4.37. The number of amides is 1. The number of halogens is 1. The second-order valence-electron chi connectivity index (χ2n) is 6.67. The number of carbonyl (C=O) groups excluding carboxylic acids is 2. The van der Waals surface area contributed by atoms with Gasteiger partial charge in [0, 0.05) is 12.7 Å². The van der Waals surface area contributed by atoms with Crippen LogP contribution in [0, 0.1) is 20.8 Å². The number of rotatable bonds is 5. The number of hydrogen-bond donors (Lipinski definition) is 0. The predicted octanol–water partition coefficient (Wildman–Crippen LogP) is 3.50. The van der Waals surface area contributed by atoms with Crippen molar-refractivity contribution in [1.29, 1.82) is 0 Å². The molecule has 1 amide bonds. The molecular weight excluding hydrogens is 396 g/mol. The van der Waals surface area contributed by atoms with Crippen molar-refractivity contribution in [3.05, 3.63) is 63.5 Å². The minimum Gasteiger partial charge on any atom is -0.465 e. The van der Waals surface area contributed by atoms with Crippen LogP contribution in [-0.2, 0) is 11.3 Å². The summed E-state index contributed by atoms with van der Waals surface area (Å²) in [5.41, 5.74) is 2.17. The maximum Gasteiger partial charge on any atom is 0.341 e. The Kier molecular flexibility index (Phi) is 5.74. The number of hydrogen-bond acceptors (Lipinski definition) is 6. The first-order valence-corrected chi connectivity index (χ1v) is 9.22. The molecule has 3 aromatic heterocycles. The van der Waals surface area contributed by atoms with Crippen LogP contribution in [0.1, 0.15) is 43.8 Å². The molecule has 3 heterocycles. The van der Waals surface area contributed by atoms with E-state index >= 15 is 0 Å². The summed E-state index contributed by atoms with van der Waals surface area (Å²) in [4.78, 5) is 30.5. The van der Waals surface area contributed by atoms with Gasteiger partial charge in [-0.2, -0.15) is 5.10 Å². The van der Waals surface area contributed by atoms with Crippen molar-refractivity contribution >= 4 is 23.5 Å². The molecule has 0 aliphatic rings. The van der Waals surface area contributed by atoms with E-state index < -0.39 is 5.97 Å². The van der Waals surface area contributed by atoms with Gasteiger partial charge in [0.05, 0.1) is 24.4 Å². The fourth-order valence-electron chi connectivity index (χ4n) is 2.98. The summed E-state index contributed by atoms with van der Waals surface area (Å²) >= 11 is 6.24. The maximum atomic E-state index is 12.9. The summed E-state index contributed by atoms with van der Waals surface area (Å²) in [6.07, 6.45) is 0. The Hall–Kier alpha value is -3.13. The lowest BCUT2D eigenvalue weighted by molar-refractivity contribution is 0.0598. The van der Waals surface area contributed by atoms with Crippen LogP contribution in [0.5, 0.6) is 0 Å². The Balaban J connectivity index is 1.85. The molecule has 0 N–H and O–H groups in total. The van der Waals surface area contributed by atoms with Crippen molar-refractivity contribution in [3.8, 4) is 5.82 Å². The van der Waals surface area contributed by atoms with E-state index in [9.17, 15) is 9.59 Å². The zero-order valence-electron chi connectivity index (χ0n) is 16.8. The van der Waals surface area contributed by atoms with Gasteiger partial charge in [-0.3, -0.25) is 4.79 Å². The number of furan rings is 1. The second-order valence-corrected chi connectivity index (χ2v) is 7.08. The second kappa shape index (κ2) is 8.08. The summed E-state index contributed by atoms with van der Waals surface area (Å²) < 4.78 is 11.9. The van der Waals surface area contributed by atoms with E-state index in [4.69, 9.17) is 20.8 Å². The molecule has 0 atom stereocenters. The lowest BCUT2D eigenvalue weighted by Gasteiger charge is -2.16. The largest absolute Gasteiger partial charge is 0.465 e. The topological polar surface area (TPSA) is 90.5 Å². The first-order chi connectivity index (χ1) is 13.7. The molecule has 0 saturated carbocycles. The van der Waals surface area contributed by atoms with E-state index in [1.165, 1.54) is 12.0 Å². The standard InChI is InChI=1S/C20H21ClN4O4/c1-11-8-12(2)25(23-11)17-7-6-16(21)18(22-17)19(26)24(4)10-14-9-15(13(3)29-14)20(27)28-5/h6-9H,10H2,1-5H3. The first-order valence-electron chi connectivity index (χ1n) is 8.84. The van der Waals surface area contributed by atoms with Gasteiger partial charge < -0.3 is 14.1 Å². The van der Waals surface area contributed by atoms with E-state index in [0.29, 0.717) is 22.9 Å². The number of pyridine rings is 1. The SMILES string of the molecule is COC(=O)c1cc(CN(C)C(=O)c2nc(-n3nc(C)cc3C)ccc2Cl)oc1C. The summed E-state index contributed by atoms with van der Waals surface area (Å²) in [5.74, 6) is 0.499. The fraction of sp³-hybridized carbons (Fsp3) is 0.300. The van der Waals surface area contributed by atoms with Crippen molar-refractivity contribution in [1.82, 2.24) is 19.7 Å². The highest BCUT2D eigenvalue weighted by Gasteiger charge is 2.22. The summed E-state index contributed by atoms with van der Waals surface area (Å²) in [7, 11) is 2.90. The zero-order valence-corrected chi connectivity index (χ0v) is 17.6. The van der Waals surface area contributed by atoms with Gasteiger partial charge in [0.25, 0.3) is 5.91 Å². The third-order valence-corrected chi connectivity index (χ3v) is 4.68. The Morgan fingerprint density at radius 1 is 1.24 bits per heavy atom. The van der Waals surface area contributed by atoms with E-state index in [-0.39, 0.29) is 23.2 Å². The van der Waals surface area contributed by atoms with Crippen LogP contribution in [0.15, 0.2) is 28.7 Å². The van der Waals surface area contributed by atoms with Gasteiger partial charge in [0.2, 0.25) is 0 Å². The molecule has 3 aromatic rings. The molecule has 0 aromatic carbocycles. The van der Waals surface area contributed by atoms with Crippen LogP contribution in [0.2, 0.25) is 5.02 Å². The lowest BCUT2D eigenvalue weighted by atomic mass is 10.2. The first kappa shape index (κ1) is 20.6. The van der Waals surface area contributed by atoms with Gasteiger partial charge in [-0.05, 0) is 45.0 Å². The van der Waals surface area contributed by atoms with Crippen LogP contribution >= 0.6 is 11.6 Å². The molecule has 3 rings (SSSR count). The molecule has 0 aliphatic carbocycles. The van der Waals surface area contributed by atoms with Crippen molar-refractivity contribution < 1.29 is 18.7 Å². The molecule has 9 heteroatoms. The number of nitrogens with zero attached hydrogens (tertiary/aromatic N) is 4. The molecule has 0 aliphatic heterocycles. The van der Waals surface area contributed by atoms with Crippen LogP contribution in [0.25, 0.3) is 5.82 Å². The zero-order chi connectivity index (χ0) is 21.3. The van der Waals surface area contributed by atoms with Gasteiger partial charge in [-0.15, -0.1) is 0 Å². The molecule has 0 radical (unpaired) electrons. The van der Waals surface area contributed by atoms with Gasteiger partial charge in [-0.25, -0.2) is 14.5 Å². The summed E-state index contributed by atoms with van der Waals surface area (Å²) in [6.45, 7) is 5.59. The highest BCUT2D eigenvalue weighted by molar-refractivity contribution is 6.33. The monoisotopic (exact) mass is 416 g/mol. The van der Waals surface area contributed by atoms with Crippen LogP contribution in [0.3, 0.4) is 0 Å². The van der Waals surface area contributed by atoms with Gasteiger partial charge in [0.1, 0.15) is 22.8 Å². The number of carbonyl (C=O) groups is 2. The van der Waals surface area contributed by atoms with E-state index in [1.54, 1.807) is 36.9 Å². The Labute approximate surface area is 173 Å². The van der Waals surface area contributed by atoms with Gasteiger partial charge in [-0.1, -0.05) is 11.6 Å². The average Bonchev–Trinajstić information content (AvgIpc) is 3.21. The molecular formula is C20H21ClN4O4. The maximum absolute atomic E-state index is 12.9. The van der Waals surface area contributed by atoms with Crippen molar-refractivity contribution in [3.63, 3.8) is 0 Å². The minimum absolute atomic E-state index is 0.107. The van der Waals surface area contributed by atoms with E-state index in [1.807, 2.05) is 19.9 Å². The lowest BCUT2D eigenvalue weighted by Crippen LogP contribution is -2.27. The van der Waals surface area contributed by atoms with Crippen LogP contribution < -0.4 is 0 Å². The Morgan fingerprint density at radius 2 is 1.97 bits per heavy atom. The normalized spacial score (nSPS) is 10.8. The summed E-state index contributed by atoms with van der Waals surface area (Å²) in [5, 5.41) is 4.62. The number of esters is 1. The minimum atomic E-state index is -0.492. The number of aromatic nitrogens is 3. The van der Waals surface area contributed by atoms with Crippen molar-refractivity contribution in [2.45, 2.75) is 27.3 Å². The predicted molar refractivity (Wildman–Crippen MR) is 106 cm³/mol. The van der Waals surface area contributed by atoms with Crippen LogP contribution in [-0.4, -0.2) is 45.7 Å². The highest BCUT2D eigenvalue weighted by Crippen LogP contribution is 2.21. The Bertz CT molecular complexity index is 1090.